The summed E-state index contributed by atoms with van der Waals surface area (Å²) in [4.78, 5) is 17.3. The van der Waals surface area contributed by atoms with E-state index in [2.05, 4.69) is 102 Å². The summed E-state index contributed by atoms with van der Waals surface area (Å²) in [5.41, 5.74) is 9.59. The van der Waals surface area contributed by atoms with Crippen molar-refractivity contribution in [3.05, 3.63) is 102 Å². The Labute approximate surface area is 342 Å². The quantitative estimate of drug-likeness (QED) is 0.0796. The molecule has 0 fully saturated rings. The van der Waals surface area contributed by atoms with Crippen LogP contribution >= 0.6 is 0 Å². The second-order valence-corrected chi connectivity index (χ2v) is 17.0. The number of carbonyl (C=O) groups excluding carboxylic acids is 1. The predicted molar refractivity (Wildman–Crippen MR) is 226 cm³/mol. The fourth-order valence-electron chi connectivity index (χ4n) is 6.99. The number of aromatic nitrogens is 1. The van der Waals surface area contributed by atoms with E-state index in [0.29, 0.717) is 5.92 Å². The number of pyridine rings is 1. The number of hydrogen-bond donors (Lipinski definition) is 1. The second kappa shape index (κ2) is 17.4. The van der Waals surface area contributed by atoms with E-state index < -0.39 is 0 Å². The van der Waals surface area contributed by atoms with Gasteiger partial charge in [0.05, 0.1) is 12.5 Å². The third-order valence-electron chi connectivity index (χ3n) is 11.8. The van der Waals surface area contributed by atoms with E-state index in [1.165, 1.54) is 22.6 Å². The molecule has 1 radical (unpaired) electrons. The van der Waals surface area contributed by atoms with Crippen molar-refractivity contribution in [1.82, 2.24) is 4.98 Å². The van der Waals surface area contributed by atoms with Crippen molar-refractivity contribution < 1.29 is 38.8 Å². The van der Waals surface area contributed by atoms with E-state index in [4.69, 9.17) is 13.8 Å². The van der Waals surface area contributed by atoms with Crippen molar-refractivity contribution in [3.63, 3.8) is 0 Å². The number of fused-ring (bicyclic) bond motifs is 3. The number of aliphatic hydroxyl groups excluding tert-OH is 1. The summed E-state index contributed by atoms with van der Waals surface area (Å²) in [5.74, 6) is 0.839. The van der Waals surface area contributed by atoms with Gasteiger partial charge in [0.2, 0.25) is 0 Å². The first-order valence-corrected chi connectivity index (χ1v) is 19.8. The molecule has 295 valence electrons. The summed E-state index contributed by atoms with van der Waals surface area (Å²) >= 11 is 0. The fourth-order valence-corrected chi connectivity index (χ4v) is 6.99. The molecule has 1 N–H and O–H groups in total. The summed E-state index contributed by atoms with van der Waals surface area (Å²) in [7, 11) is 0. The van der Waals surface area contributed by atoms with Gasteiger partial charge in [-0.2, -0.15) is 0 Å². The zero-order chi connectivity index (χ0) is 39.6. The summed E-state index contributed by atoms with van der Waals surface area (Å²) in [6.45, 7) is 25.4. The van der Waals surface area contributed by atoms with E-state index in [-0.39, 0.29) is 47.9 Å². The fraction of sp³-hybridized carbons (Fsp3) is 0.429. The van der Waals surface area contributed by atoms with E-state index in [9.17, 15) is 9.90 Å². The monoisotopic (exact) mass is 919 g/mol. The van der Waals surface area contributed by atoms with Gasteiger partial charge in [0.25, 0.3) is 0 Å². The number of hydrogen-bond acceptors (Lipinski definition) is 5. The molecule has 6 heteroatoms. The average molecular weight is 919 g/mol. The minimum Gasteiger partial charge on any atom is -0.512 e. The molecule has 5 nitrogen and oxygen atoms in total. The molecule has 3 heterocycles. The zero-order valence-electron chi connectivity index (χ0n) is 35.0. The second-order valence-electron chi connectivity index (χ2n) is 17.0. The van der Waals surface area contributed by atoms with Gasteiger partial charge in [-0.25, -0.2) is 0 Å². The van der Waals surface area contributed by atoms with Crippen molar-refractivity contribution in [2.75, 3.05) is 0 Å². The van der Waals surface area contributed by atoms with Gasteiger partial charge in [0.1, 0.15) is 16.9 Å². The topological polar surface area (TPSA) is 76.5 Å². The minimum absolute atomic E-state index is 0. The molecule has 3 aromatic carbocycles. The van der Waals surface area contributed by atoms with Crippen LogP contribution in [0.2, 0.25) is 0 Å². The number of rotatable bonds is 11. The van der Waals surface area contributed by atoms with E-state index in [1.54, 1.807) is 6.26 Å². The normalized spacial score (nSPS) is 12.6. The van der Waals surface area contributed by atoms with Gasteiger partial charge in [0, 0.05) is 59.2 Å². The van der Waals surface area contributed by atoms with E-state index in [1.807, 2.05) is 47.8 Å². The van der Waals surface area contributed by atoms with Crippen LogP contribution in [-0.2, 0) is 36.7 Å². The molecule has 55 heavy (non-hydrogen) atoms. The van der Waals surface area contributed by atoms with E-state index in [0.717, 1.165) is 87.5 Å². The Hall–Kier alpha value is -3.99. The number of ketones is 1. The minimum atomic E-state index is -0.337. The van der Waals surface area contributed by atoms with Gasteiger partial charge < -0.3 is 13.9 Å². The number of aryl methyl sites for hydroxylation is 1. The smallest absolute Gasteiger partial charge is 0.164 e. The van der Waals surface area contributed by atoms with Crippen LogP contribution in [0.25, 0.3) is 55.2 Å². The van der Waals surface area contributed by atoms with Crippen molar-refractivity contribution in [2.24, 2.45) is 16.7 Å². The molecule has 0 aliphatic rings. The Bertz CT molecular complexity index is 2290. The Morgan fingerprint density at radius 3 is 2.13 bits per heavy atom. The molecule has 0 unspecified atom stereocenters. The summed E-state index contributed by atoms with van der Waals surface area (Å²) < 4.78 is 11.9. The summed E-state index contributed by atoms with van der Waals surface area (Å²) in [6, 6.07) is 23.0. The Balaban J connectivity index is 0.000000320. The molecule has 0 aliphatic carbocycles. The van der Waals surface area contributed by atoms with Gasteiger partial charge in [0.15, 0.2) is 11.4 Å². The molecular formula is C49H60IrNO4-. The molecule has 0 saturated heterocycles. The van der Waals surface area contributed by atoms with Gasteiger partial charge in [-0.05, 0) is 73.6 Å². The van der Waals surface area contributed by atoms with Crippen molar-refractivity contribution in [2.45, 2.75) is 121 Å². The van der Waals surface area contributed by atoms with E-state index >= 15 is 0 Å². The molecule has 6 aromatic rings. The maximum atomic E-state index is 12.2. The maximum Gasteiger partial charge on any atom is 0.164 e. The Kier molecular flexibility index (Phi) is 13.9. The standard InChI is InChI=1S/C34H32NO2.C15H28O2.Ir/c1-20(2)13-25-19-36-31-12-11-23(15-27(25)31)28-17-30(35-32-21(3)18-37-33(28)32)24-14-22-9-7-8-10-26(22)29(16-24)34(4,5)6;1-7-14(5,8-2)12(16)11-13(17)15(6,9-3)10-4;/h7-12,15-20H,13H2,1-6H3;11,16H,7-10H2,1-6H3;/q-1;;/b;12-11-;. The molecule has 0 atom stereocenters. The largest absolute Gasteiger partial charge is 0.512 e. The van der Waals surface area contributed by atoms with Crippen molar-refractivity contribution >= 4 is 38.6 Å². The number of carbonyl (C=O) groups is 1. The molecule has 0 aliphatic heterocycles. The Morgan fingerprint density at radius 2 is 1.51 bits per heavy atom. The number of benzene rings is 3. The third-order valence-corrected chi connectivity index (χ3v) is 11.8. The first kappa shape index (κ1) is 43.7. The molecule has 0 amide bonds. The van der Waals surface area contributed by atoms with Gasteiger partial charge in [-0.3, -0.25) is 9.78 Å². The van der Waals surface area contributed by atoms with Crippen LogP contribution in [-0.4, -0.2) is 15.9 Å². The van der Waals surface area contributed by atoms with Crippen LogP contribution in [0, 0.1) is 29.7 Å². The predicted octanol–water partition coefficient (Wildman–Crippen LogP) is 14.3. The summed E-state index contributed by atoms with van der Waals surface area (Å²) in [6.07, 6.45) is 9.44. The van der Waals surface area contributed by atoms with Crippen molar-refractivity contribution in [1.29, 1.82) is 0 Å². The number of allylic oxidation sites excluding steroid dienone is 2. The van der Waals surface area contributed by atoms with Gasteiger partial charge in [-0.1, -0.05) is 117 Å². The average Bonchev–Trinajstić information content (AvgIpc) is 3.74. The molecule has 0 bridgehead atoms. The molecule has 6 rings (SSSR count). The van der Waals surface area contributed by atoms with Gasteiger partial charge >= 0.3 is 0 Å². The maximum absolute atomic E-state index is 12.2. The first-order chi connectivity index (χ1) is 25.5. The number of aliphatic hydroxyl groups is 1. The molecule has 3 aromatic heterocycles. The number of nitrogens with zero attached hydrogens (tertiary/aromatic N) is 1. The van der Waals surface area contributed by atoms with Crippen LogP contribution in [0.3, 0.4) is 0 Å². The van der Waals surface area contributed by atoms with Crippen LogP contribution in [0.15, 0.2) is 87.8 Å². The van der Waals surface area contributed by atoms with Crippen LogP contribution in [0.4, 0.5) is 0 Å². The molecule has 0 spiro atoms. The molecular weight excluding hydrogens is 859 g/mol. The SMILES string of the molecule is CCC(C)(CC)C(=O)/C=C(\O)C(C)(CC)CC.Cc1coc2c(-c3ccc4occ(CC(C)C)c4c3)cc(-c3[c-]c4ccccc4c(C(C)(C)C)c3)nc12.[Ir]. The zero-order valence-corrected chi connectivity index (χ0v) is 37.4. The van der Waals surface area contributed by atoms with Crippen molar-refractivity contribution in [3.8, 4) is 22.4 Å². The van der Waals surface area contributed by atoms with Crippen LogP contribution < -0.4 is 0 Å². The third kappa shape index (κ3) is 9.19. The molecule has 0 saturated carbocycles. The summed E-state index contributed by atoms with van der Waals surface area (Å²) in [5, 5.41) is 13.6. The van der Waals surface area contributed by atoms with Crippen LogP contribution in [0.5, 0.6) is 0 Å². The Morgan fingerprint density at radius 1 is 0.855 bits per heavy atom. The number of furan rings is 2. The van der Waals surface area contributed by atoms with Gasteiger partial charge in [-0.15, -0.1) is 29.1 Å². The first-order valence-electron chi connectivity index (χ1n) is 19.8. The van der Waals surface area contributed by atoms with Crippen LogP contribution in [0.1, 0.15) is 119 Å².